The molecule has 0 aliphatic carbocycles. The van der Waals surface area contributed by atoms with Crippen LogP contribution in [-0.2, 0) is 17.2 Å². The summed E-state index contributed by atoms with van der Waals surface area (Å²) in [5.41, 5.74) is 13.2. The molecule has 0 unspecified atom stereocenters. The normalized spacial score (nSPS) is 11.1. The SMILES string of the molecule is NC(=O)OCCn1c(CCl)nc2c(N)nc3ccccc3c21. The molecule has 2 heterocycles. The molecule has 0 fully saturated rings. The number of halogens is 1. The molecule has 0 saturated carbocycles. The fraction of sp³-hybridized carbons (Fsp3) is 0.214. The molecular weight excluding hydrogens is 306 g/mol. The van der Waals surface area contributed by atoms with Gasteiger partial charge < -0.3 is 20.8 Å². The number of benzene rings is 1. The van der Waals surface area contributed by atoms with Gasteiger partial charge in [-0.3, -0.25) is 0 Å². The molecule has 0 spiro atoms. The minimum atomic E-state index is -0.817. The van der Waals surface area contributed by atoms with E-state index in [4.69, 9.17) is 27.8 Å². The van der Waals surface area contributed by atoms with E-state index in [1.807, 2.05) is 28.8 Å². The summed E-state index contributed by atoms with van der Waals surface area (Å²) in [7, 11) is 0. The van der Waals surface area contributed by atoms with Crippen LogP contribution in [0.1, 0.15) is 5.82 Å². The number of imidazole rings is 1. The molecule has 7 nitrogen and oxygen atoms in total. The molecule has 2 aromatic heterocycles. The van der Waals surface area contributed by atoms with E-state index in [0.29, 0.717) is 23.7 Å². The van der Waals surface area contributed by atoms with Gasteiger partial charge in [0, 0.05) is 5.39 Å². The van der Waals surface area contributed by atoms with Crippen molar-refractivity contribution in [3.63, 3.8) is 0 Å². The number of anilines is 1. The number of pyridine rings is 1. The molecular formula is C14H14ClN5O2. The highest BCUT2D eigenvalue weighted by Gasteiger charge is 2.16. The molecule has 1 aromatic carbocycles. The Bertz CT molecular complexity index is 861. The van der Waals surface area contributed by atoms with Gasteiger partial charge in [0.1, 0.15) is 17.9 Å². The fourth-order valence-corrected chi connectivity index (χ4v) is 2.69. The summed E-state index contributed by atoms with van der Waals surface area (Å²) in [6.07, 6.45) is -0.817. The number of para-hydroxylation sites is 1. The Hall–Kier alpha value is -2.54. The predicted octanol–water partition coefficient (Wildman–Crippen LogP) is 2.00. The molecule has 3 rings (SSSR count). The summed E-state index contributed by atoms with van der Waals surface area (Å²) in [5, 5.41) is 0.912. The smallest absolute Gasteiger partial charge is 0.404 e. The molecule has 8 heteroatoms. The Labute approximate surface area is 130 Å². The highest BCUT2D eigenvalue weighted by Crippen LogP contribution is 2.29. The Kier molecular flexibility index (Phi) is 3.72. The van der Waals surface area contributed by atoms with Crippen molar-refractivity contribution in [2.24, 2.45) is 5.73 Å². The molecule has 0 saturated heterocycles. The topological polar surface area (TPSA) is 109 Å². The Morgan fingerprint density at radius 2 is 2.09 bits per heavy atom. The van der Waals surface area contributed by atoms with Crippen molar-refractivity contribution in [3.05, 3.63) is 30.1 Å². The van der Waals surface area contributed by atoms with Crippen molar-refractivity contribution in [2.45, 2.75) is 12.4 Å². The van der Waals surface area contributed by atoms with Gasteiger partial charge in [0.2, 0.25) is 0 Å². The van der Waals surface area contributed by atoms with E-state index in [2.05, 4.69) is 9.97 Å². The zero-order chi connectivity index (χ0) is 15.7. The maximum absolute atomic E-state index is 10.7. The molecule has 0 radical (unpaired) electrons. The number of hydrogen-bond acceptors (Lipinski definition) is 5. The predicted molar refractivity (Wildman–Crippen MR) is 84.5 cm³/mol. The summed E-state index contributed by atoms with van der Waals surface area (Å²) in [5.74, 6) is 1.18. The summed E-state index contributed by atoms with van der Waals surface area (Å²) in [6, 6.07) is 7.62. The fourth-order valence-electron chi connectivity index (χ4n) is 2.49. The van der Waals surface area contributed by atoms with E-state index in [1.165, 1.54) is 0 Å². The maximum atomic E-state index is 10.7. The number of carbonyl (C=O) groups excluding carboxylic acids is 1. The monoisotopic (exact) mass is 319 g/mol. The van der Waals surface area contributed by atoms with Crippen LogP contribution in [0.3, 0.4) is 0 Å². The first kappa shape index (κ1) is 14.4. The second kappa shape index (κ2) is 5.69. The Morgan fingerprint density at radius 1 is 1.32 bits per heavy atom. The molecule has 0 aliphatic heterocycles. The molecule has 114 valence electrons. The van der Waals surface area contributed by atoms with Crippen LogP contribution in [0.25, 0.3) is 21.9 Å². The third-order valence-electron chi connectivity index (χ3n) is 3.37. The van der Waals surface area contributed by atoms with E-state index in [0.717, 1.165) is 16.4 Å². The standard InChI is InChI=1S/C14H14ClN5O2/c15-7-10-19-11-12(20(10)5-6-22-14(17)21)8-3-1-2-4-9(8)18-13(11)16/h1-4H,5-7H2,(H2,16,18)(H2,17,21). The largest absolute Gasteiger partial charge is 0.448 e. The third-order valence-corrected chi connectivity index (χ3v) is 3.61. The van der Waals surface area contributed by atoms with Crippen molar-refractivity contribution < 1.29 is 9.53 Å². The minimum absolute atomic E-state index is 0.126. The molecule has 3 aromatic rings. The summed E-state index contributed by atoms with van der Waals surface area (Å²) < 4.78 is 6.69. The minimum Gasteiger partial charge on any atom is -0.448 e. The highest BCUT2D eigenvalue weighted by molar-refractivity contribution is 6.17. The van der Waals surface area contributed by atoms with E-state index < -0.39 is 6.09 Å². The molecule has 22 heavy (non-hydrogen) atoms. The van der Waals surface area contributed by atoms with Gasteiger partial charge in [-0.15, -0.1) is 11.6 Å². The van der Waals surface area contributed by atoms with Gasteiger partial charge in [0.15, 0.2) is 5.82 Å². The number of rotatable bonds is 4. The van der Waals surface area contributed by atoms with Crippen molar-refractivity contribution in [1.82, 2.24) is 14.5 Å². The maximum Gasteiger partial charge on any atom is 0.404 e. The molecule has 4 N–H and O–H groups in total. The van der Waals surface area contributed by atoms with Crippen LogP contribution >= 0.6 is 11.6 Å². The molecule has 0 bridgehead atoms. The highest BCUT2D eigenvalue weighted by atomic mass is 35.5. The first-order valence-electron chi connectivity index (χ1n) is 6.63. The summed E-state index contributed by atoms with van der Waals surface area (Å²) in [4.78, 5) is 19.5. The second-order valence-electron chi connectivity index (χ2n) is 4.69. The number of primary amides is 1. The lowest BCUT2D eigenvalue weighted by Gasteiger charge is -2.09. The van der Waals surface area contributed by atoms with Crippen molar-refractivity contribution in [2.75, 3.05) is 12.3 Å². The summed E-state index contributed by atoms with van der Waals surface area (Å²) >= 11 is 5.97. The first-order valence-corrected chi connectivity index (χ1v) is 7.16. The molecule has 1 amide bonds. The van der Waals surface area contributed by atoms with E-state index in [-0.39, 0.29) is 12.5 Å². The summed E-state index contributed by atoms with van der Waals surface area (Å²) in [6.45, 7) is 0.510. The Morgan fingerprint density at radius 3 is 2.82 bits per heavy atom. The lowest BCUT2D eigenvalue weighted by molar-refractivity contribution is 0.152. The van der Waals surface area contributed by atoms with E-state index in [1.54, 1.807) is 0 Å². The van der Waals surface area contributed by atoms with Crippen LogP contribution < -0.4 is 11.5 Å². The molecule has 0 atom stereocenters. The van der Waals surface area contributed by atoms with Crippen LogP contribution in [0.4, 0.5) is 10.6 Å². The number of fused-ring (bicyclic) bond motifs is 3. The second-order valence-corrected chi connectivity index (χ2v) is 4.96. The number of nitrogen functional groups attached to an aromatic ring is 1. The van der Waals surface area contributed by atoms with Gasteiger partial charge in [-0.1, -0.05) is 18.2 Å². The number of carbonyl (C=O) groups is 1. The third kappa shape index (κ3) is 2.39. The Balaban J connectivity index is 2.21. The average Bonchev–Trinajstić information content (AvgIpc) is 2.87. The van der Waals surface area contributed by atoms with Gasteiger partial charge in [0.05, 0.1) is 23.5 Å². The van der Waals surface area contributed by atoms with Crippen LogP contribution in [0.2, 0.25) is 0 Å². The number of hydrogen-bond donors (Lipinski definition) is 2. The number of nitrogens with two attached hydrogens (primary N) is 2. The number of nitrogens with zero attached hydrogens (tertiary/aromatic N) is 3. The van der Waals surface area contributed by atoms with Crippen molar-refractivity contribution >= 4 is 45.4 Å². The lowest BCUT2D eigenvalue weighted by Crippen LogP contribution is -2.17. The first-order chi connectivity index (χ1) is 10.6. The zero-order valence-electron chi connectivity index (χ0n) is 11.6. The quantitative estimate of drug-likeness (QED) is 0.715. The van der Waals surface area contributed by atoms with Crippen LogP contribution in [0, 0.1) is 0 Å². The lowest BCUT2D eigenvalue weighted by atomic mass is 10.2. The van der Waals surface area contributed by atoms with Gasteiger partial charge in [0.25, 0.3) is 0 Å². The van der Waals surface area contributed by atoms with E-state index >= 15 is 0 Å². The van der Waals surface area contributed by atoms with Gasteiger partial charge in [-0.25, -0.2) is 14.8 Å². The van der Waals surface area contributed by atoms with Crippen molar-refractivity contribution in [1.29, 1.82) is 0 Å². The average molecular weight is 320 g/mol. The van der Waals surface area contributed by atoms with Gasteiger partial charge in [-0.05, 0) is 6.07 Å². The van der Waals surface area contributed by atoms with E-state index in [9.17, 15) is 4.79 Å². The number of ether oxygens (including phenoxy) is 1. The molecule has 0 aliphatic rings. The number of aromatic nitrogens is 3. The number of alkyl halides is 1. The number of amides is 1. The van der Waals surface area contributed by atoms with Gasteiger partial charge in [-0.2, -0.15) is 0 Å². The van der Waals surface area contributed by atoms with Crippen LogP contribution in [-0.4, -0.2) is 27.2 Å². The zero-order valence-corrected chi connectivity index (χ0v) is 12.4. The van der Waals surface area contributed by atoms with Gasteiger partial charge >= 0.3 is 6.09 Å². The van der Waals surface area contributed by atoms with Crippen molar-refractivity contribution in [3.8, 4) is 0 Å². The van der Waals surface area contributed by atoms with Crippen LogP contribution in [0.5, 0.6) is 0 Å². The van der Waals surface area contributed by atoms with Crippen LogP contribution in [0.15, 0.2) is 24.3 Å².